The second kappa shape index (κ2) is 5.00. The van der Waals surface area contributed by atoms with Gasteiger partial charge in [0.1, 0.15) is 11.4 Å². The van der Waals surface area contributed by atoms with Crippen molar-refractivity contribution in [2.45, 2.75) is 13.0 Å². The lowest BCUT2D eigenvalue weighted by Gasteiger charge is -2.21. The summed E-state index contributed by atoms with van der Waals surface area (Å²) in [5.74, 6) is 0.888. The third-order valence-corrected chi connectivity index (χ3v) is 5.34. The molecule has 106 valence electrons. The highest BCUT2D eigenvalue weighted by Gasteiger charge is 2.23. The molecule has 0 aliphatic carbocycles. The number of aromatic nitrogens is 2. The van der Waals surface area contributed by atoms with Gasteiger partial charge < -0.3 is 9.30 Å². The van der Waals surface area contributed by atoms with Gasteiger partial charge in [0.25, 0.3) is 0 Å². The number of thiophene rings is 1. The van der Waals surface area contributed by atoms with Gasteiger partial charge in [-0.2, -0.15) is 0 Å². The maximum absolute atomic E-state index is 5.42. The van der Waals surface area contributed by atoms with E-state index in [-0.39, 0.29) is 0 Å². The number of fused-ring (bicyclic) bond motifs is 3. The fourth-order valence-corrected chi connectivity index (χ4v) is 4.07. The second-order valence-corrected chi connectivity index (χ2v) is 6.81. The van der Waals surface area contributed by atoms with E-state index in [2.05, 4.69) is 55.1 Å². The van der Waals surface area contributed by atoms with Gasteiger partial charge in [-0.3, -0.25) is 0 Å². The molecule has 0 unspecified atom stereocenters. The van der Waals surface area contributed by atoms with Crippen LogP contribution in [0.15, 0.2) is 40.4 Å². The Balaban J connectivity index is 1.95. The normalized spacial score (nSPS) is 12.9. The fourth-order valence-electron chi connectivity index (χ4n) is 2.85. The summed E-state index contributed by atoms with van der Waals surface area (Å²) in [6.07, 6.45) is 2.96. The molecule has 4 rings (SSSR count). The Morgan fingerprint density at radius 3 is 3.05 bits per heavy atom. The Morgan fingerprint density at radius 1 is 1.38 bits per heavy atom. The van der Waals surface area contributed by atoms with Crippen molar-refractivity contribution in [3.05, 3.63) is 46.0 Å². The Labute approximate surface area is 135 Å². The van der Waals surface area contributed by atoms with Crippen molar-refractivity contribution in [2.75, 3.05) is 7.11 Å². The van der Waals surface area contributed by atoms with Gasteiger partial charge in [-0.25, -0.2) is 4.98 Å². The van der Waals surface area contributed by atoms with Gasteiger partial charge in [0.15, 0.2) is 0 Å². The SMILES string of the molecule is COc1cc2c(cc1Br)-c1c(-c3cccs3)ncn1CC2. The van der Waals surface area contributed by atoms with E-state index in [1.165, 1.54) is 21.7 Å². The minimum absolute atomic E-state index is 0.888. The van der Waals surface area contributed by atoms with Crippen LogP contribution in [0, 0.1) is 0 Å². The molecule has 0 fully saturated rings. The largest absolute Gasteiger partial charge is 0.496 e. The predicted octanol–water partition coefficient (Wildman–Crippen LogP) is 4.61. The summed E-state index contributed by atoms with van der Waals surface area (Å²) >= 11 is 5.32. The third-order valence-electron chi connectivity index (χ3n) is 3.85. The molecule has 0 atom stereocenters. The first-order chi connectivity index (χ1) is 10.3. The van der Waals surface area contributed by atoms with Gasteiger partial charge in [-0.15, -0.1) is 11.3 Å². The van der Waals surface area contributed by atoms with Crippen LogP contribution in [0.5, 0.6) is 5.75 Å². The van der Waals surface area contributed by atoms with E-state index in [1.54, 1.807) is 18.4 Å². The summed E-state index contributed by atoms with van der Waals surface area (Å²) in [6, 6.07) is 8.48. The molecule has 0 radical (unpaired) electrons. The first-order valence-corrected chi connectivity index (χ1v) is 8.41. The number of imidazole rings is 1. The van der Waals surface area contributed by atoms with Crippen molar-refractivity contribution in [1.29, 1.82) is 0 Å². The minimum Gasteiger partial charge on any atom is -0.496 e. The Hall–Kier alpha value is -1.59. The van der Waals surface area contributed by atoms with E-state index in [9.17, 15) is 0 Å². The molecule has 0 bridgehead atoms. The van der Waals surface area contributed by atoms with Gasteiger partial charge in [0, 0.05) is 12.1 Å². The molecule has 5 heteroatoms. The van der Waals surface area contributed by atoms with Crippen molar-refractivity contribution >= 4 is 27.3 Å². The topological polar surface area (TPSA) is 27.1 Å². The van der Waals surface area contributed by atoms with Crippen LogP contribution in [0.1, 0.15) is 5.56 Å². The molecule has 3 nitrogen and oxygen atoms in total. The molecule has 0 N–H and O–H groups in total. The smallest absolute Gasteiger partial charge is 0.133 e. The van der Waals surface area contributed by atoms with E-state index in [0.29, 0.717) is 0 Å². The number of hydrogen-bond donors (Lipinski definition) is 0. The number of benzene rings is 1. The molecular formula is C16H13BrN2OS. The Morgan fingerprint density at radius 2 is 2.29 bits per heavy atom. The number of nitrogens with zero attached hydrogens (tertiary/aromatic N) is 2. The molecule has 0 amide bonds. The van der Waals surface area contributed by atoms with Crippen LogP contribution in [0.4, 0.5) is 0 Å². The summed E-state index contributed by atoms with van der Waals surface area (Å²) in [5, 5.41) is 2.09. The maximum atomic E-state index is 5.42. The Bertz CT molecular complexity index is 808. The van der Waals surface area contributed by atoms with Crippen molar-refractivity contribution in [3.8, 4) is 27.6 Å². The maximum Gasteiger partial charge on any atom is 0.133 e. The van der Waals surface area contributed by atoms with E-state index >= 15 is 0 Å². The molecule has 1 aliphatic rings. The highest BCUT2D eigenvalue weighted by Crippen LogP contribution is 2.41. The number of ether oxygens (including phenoxy) is 1. The molecule has 21 heavy (non-hydrogen) atoms. The fraction of sp³-hybridized carbons (Fsp3) is 0.188. The molecule has 2 aromatic heterocycles. The van der Waals surface area contributed by atoms with Crippen LogP contribution in [-0.4, -0.2) is 16.7 Å². The number of aryl methyl sites for hydroxylation is 2. The molecule has 3 aromatic rings. The van der Waals surface area contributed by atoms with Crippen molar-refractivity contribution in [1.82, 2.24) is 9.55 Å². The lowest BCUT2D eigenvalue weighted by atomic mass is 9.96. The highest BCUT2D eigenvalue weighted by molar-refractivity contribution is 9.10. The van der Waals surface area contributed by atoms with Crippen LogP contribution < -0.4 is 4.74 Å². The number of methoxy groups -OCH3 is 1. The summed E-state index contributed by atoms with van der Waals surface area (Å²) < 4.78 is 8.64. The van der Waals surface area contributed by atoms with Crippen molar-refractivity contribution < 1.29 is 4.74 Å². The summed E-state index contributed by atoms with van der Waals surface area (Å²) in [6.45, 7) is 0.964. The van der Waals surface area contributed by atoms with Gasteiger partial charge in [0.2, 0.25) is 0 Å². The second-order valence-electron chi connectivity index (χ2n) is 5.01. The van der Waals surface area contributed by atoms with Gasteiger partial charge >= 0.3 is 0 Å². The first-order valence-electron chi connectivity index (χ1n) is 6.73. The molecule has 0 saturated heterocycles. The molecule has 3 heterocycles. The van der Waals surface area contributed by atoms with Gasteiger partial charge in [-0.1, -0.05) is 6.07 Å². The number of halogens is 1. The highest BCUT2D eigenvalue weighted by atomic mass is 79.9. The number of hydrogen-bond acceptors (Lipinski definition) is 3. The van der Waals surface area contributed by atoms with Gasteiger partial charge in [0.05, 0.1) is 28.5 Å². The molecule has 1 aliphatic heterocycles. The minimum atomic E-state index is 0.888. The molecular weight excluding hydrogens is 348 g/mol. The molecule has 0 saturated carbocycles. The quantitative estimate of drug-likeness (QED) is 0.667. The van der Waals surface area contributed by atoms with Crippen molar-refractivity contribution in [3.63, 3.8) is 0 Å². The zero-order chi connectivity index (χ0) is 14.4. The number of rotatable bonds is 2. The van der Waals surface area contributed by atoms with Crippen LogP contribution in [0.3, 0.4) is 0 Å². The van der Waals surface area contributed by atoms with Crippen LogP contribution >= 0.6 is 27.3 Å². The first kappa shape index (κ1) is 13.1. The molecule has 0 spiro atoms. The third kappa shape index (κ3) is 2.03. The van der Waals surface area contributed by atoms with Gasteiger partial charge in [-0.05, 0) is 51.5 Å². The summed E-state index contributed by atoms with van der Waals surface area (Å²) in [4.78, 5) is 5.85. The zero-order valence-corrected chi connectivity index (χ0v) is 13.9. The average Bonchev–Trinajstić information content (AvgIpc) is 3.15. The average molecular weight is 361 g/mol. The van der Waals surface area contributed by atoms with Crippen LogP contribution in [0.25, 0.3) is 21.8 Å². The van der Waals surface area contributed by atoms with E-state index in [1.807, 2.05) is 6.33 Å². The lowest BCUT2D eigenvalue weighted by Crippen LogP contribution is -2.10. The van der Waals surface area contributed by atoms with Crippen molar-refractivity contribution in [2.24, 2.45) is 0 Å². The monoisotopic (exact) mass is 360 g/mol. The Kier molecular flexibility index (Phi) is 3.12. The van der Waals surface area contributed by atoms with Crippen LogP contribution in [-0.2, 0) is 13.0 Å². The lowest BCUT2D eigenvalue weighted by molar-refractivity contribution is 0.411. The van der Waals surface area contributed by atoms with E-state index in [4.69, 9.17) is 4.74 Å². The molecule has 1 aromatic carbocycles. The zero-order valence-electron chi connectivity index (χ0n) is 11.5. The standard InChI is InChI=1S/C16H13BrN2OS/c1-20-13-7-10-4-5-19-9-18-15(14-3-2-6-21-14)16(19)11(10)8-12(13)17/h2-3,6-9H,4-5H2,1H3. The summed E-state index contributed by atoms with van der Waals surface area (Å²) in [7, 11) is 1.71. The summed E-state index contributed by atoms with van der Waals surface area (Å²) in [5.41, 5.74) is 4.85. The van der Waals surface area contributed by atoms with E-state index < -0.39 is 0 Å². The van der Waals surface area contributed by atoms with E-state index in [0.717, 1.165) is 28.9 Å². The predicted molar refractivity (Wildman–Crippen MR) is 88.9 cm³/mol. The van der Waals surface area contributed by atoms with Crippen LogP contribution in [0.2, 0.25) is 0 Å².